The van der Waals surface area contributed by atoms with E-state index in [4.69, 9.17) is 4.74 Å². The summed E-state index contributed by atoms with van der Waals surface area (Å²) in [6.07, 6.45) is 1.86. The number of hydrogen-bond acceptors (Lipinski definition) is 4. The van der Waals surface area contributed by atoms with Gasteiger partial charge in [0.1, 0.15) is 11.5 Å². The van der Waals surface area contributed by atoms with Crippen molar-refractivity contribution in [2.75, 3.05) is 0 Å². The maximum Gasteiger partial charge on any atom is 0.148 e. The fourth-order valence-corrected chi connectivity index (χ4v) is 1.77. The van der Waals surface area contributed by atoms with Gasteiger partial charge in [-0.2, -0.15) is 0 Å². The molecule has 4 heteroatoms. The third kappa shape index (κ3) is 3.29. The van der Waals surface area contributed by atoms with E-state index in [0.29, 0.717) is 11.4 Å². The van der Waals surface area contributed by atoms with Gasteiger partial charge in [0, 0.05) is 5.69 Å². The molecule has 0 saturated carbocycles. The molecule has 0 aliphatic rings. The summed E-state index contributed by atoms with van der Waals surface area (Å²) in [6.45, 7) is 5.69. The summed E-state index contributed by atoms with van der Waals surface area (Å²) in [7, 11) is 0. The van der Waals surface area contributed by atoms with Crippen LogP contribution < -0.4 is 4.74 Å². The lowest BCUT2D eigenvalue weighted by molar-refractivity contribution is 0.194. The Morgan fingerprint density at radius 1 is 1.26 bits per heavy atom. The zero-order chi connectivity index (χ0) is 13.8. The average Bonchev–Trinajstić information content (AvgIpc) is 2.41. The van der Waals surface area contributed by atoms with Crippen LogP contribution in [0.5, 0.6) is 11.5 Å². The summed E-state index contributed by atoms with van der Waals surface area (Å²) in [5.41, 5.74) is 2.54. The Morgan fingerprint density at radius 3 is 2.63 bits per heavy atom. The van der Waals surface area contributed by atoms with E-state index >= 15 is 0 Å². The molecule has 0 radical (unpaired) electrons. The van der Waals surface area contributed by atoms with E-state index in [0.717, 1.165) is 23.6 Å². The SMILES string of the molecule is CCc1nc(C)ccc1Oc1ccc([C@@H](C)O)nc1. The summed E-state index contributed by atoms with van der Waals surface area (Å²) in [4.78, 5) is 8.60. The number of pyridine rings is 2. The molecule has 0 aliphatic carbocycles. The monoisotopic (exact) mass is 258 g/mol. The lowest BCUT2D eigenvalue weighted by Crippen LogP contribution is -1.98. The van der Waals surface area contributed by atoms with E-state index in [-0.39, 0.29) is 0 Å². The molecule has 0 bridgehead atoms. The Morgan fingerprint density at radius 2 is 2.05 bits per heavy atom. The first-order chi connectivity index (χ1) is 9.10. The van der Waals surface area contributed by atoms with Gasteiger partial charge < -0.3 is 9.84 Å². The van der Waals surface area contributed by atoms with Gasteiger partial charge in [-0.3, -0.25) is 9.97 Å². The molecule has 0 amide bonds. The highest BCUT2D eigenvalue weighted by Gasteiger charge is 2.07. The minimum Gasteiger partial charge on any atom is -0.454 e. The number of aliphatic hydroxyl groups is 1. The molecule has 0 aliphatic heterocycles. The maximum atomic E-state index is 9.40. The second kappa shape index (κ2) is 5.80. The Bertz CT molecular complexity index is 551. The van der Waals surface area contributed by atoms with Gasteiger partial charge in [-0.05, 0) is 44.5 Å². The van der Waals surface area contributed by atoms with Crippen LogP contribution in [0.3, 0.4) is 0 Å². The molecule has 2 aromatic heterocycles. The van der Waals surface area contributed by atoms with Crippen LogP contribution >= 0.6 is 0 Å². The van der Waals surface area contributed by atoms with Crippen LogP contribution in [0.25, 0.3) is 0 Å². The Balaban J connectivity index is 2.21. The predicted octanol–water partition coefficient (Wildman–Crippen LogP) is 3.19. The molecule has 2 rings (SSSR count). The van der Waals surface area contributed by atoms with E-state index in [2.05, 4.69) is 9.97 Å². The molecular weight excluding hydrogens is 240 g/mol. The molecule has 0 saturated heterocycles. The van der Waals surface area contributed by atoms with Gasteiger partial charge in [0.25, 0.3) is 0 Å². The van der Waals surface area contributed by atoms with Crippen LogP contribution in [-0.2, 0) is 6.42 Å². The highest BCUT2D eigenvalue weighted by atomic mass is 16.5. The molecular formula is C15H18N2O2. The molecule has 0 aromatic carbocycles. The largest absolute Gasteiger partial charge is 0.454 e. The molecule has 0 unspecified atom stereocenters. The fraction of sp³-hybridized carbons (Fsp3) is 0.333. The van der Waals surface area contributed by atoms with E-state index in [1.165, 1.54) is 0 Å². The van der Waals surface area contributed by atoms with Gasteiger partial charge in [-0.1, -0.05) is 6.92 Å². The fourth-order valence-electron chi connectivity index (χ4n) is 1.77. The van der Waals surface area contributed by atoms with Crippen molar-refractivity contribution in [2.24, 2.45) is 0 Å². The maximum absolute atomic E-state index is 9.40. The van der Waals surface area contributed by atoms with Gasteiger partial charge >= 0.3 is 0 Å². The first-order valence-electron chi connectivity index (χ1n) is 6.38. The van der Waals surface area contributed by atoms with Crippen LogP contribution in [0, 0.1) is 6.92 Å². The topological polar surface area (TPSA) is 55.2 Å². The van der Waals surface area contributed by atoms with Crippen molar-refractivity contribution in [1.29, 1.82) is 0 Å². The van der Waals surface area contributed by atoms with E-state index in [1.807, 2.05) is 26.0 Å². The third-order valence-corrected chi connectivity index (χ3v) is 2.82. The van der Waals surface area contributed by atoms with Crippen molar-refractivity contribution in [3.8, 4) is 11.5 Å². The first-order valence-corrected chi connectivity index (χ1v) is 6.38. The predicted molar refractivity (Wildman–Crippen MR) is 73.3 cm³/mol. The lowest BCUT2D eigenvalue weighted by atomic mass is 10.2. The smallest absolute Gasteiger partial charge is 0.148 e. The second-order valence-electron chi connectivity index (χ2n) is 4.45. The standard InChI is InChI=1S/C15H18N2O2/c1-4-13-15(8-5-10(2)17-13)19-12-6-7-14(11(3)18)16-9-12/h5-9,11,18H,4H2,1-3H3/t11-/m1/s1. The van der Waals surface area contributed by atoms with Crippen molar-refractivity contribution in [2.45, 2.75) is 33.3 Å². The average molecular weight is 258 g/mol. The summed E-state index contributed by atoms with van der Waals surface area (Å²) >= 11 is 0. The zero-order valence-corrected chi connectivity index (χ0v) is 11.4. The molecule has 2 heterocycles. The molecule has 4 nitrogen and oxygen atoms in total. The van der Waals surface area contributed by atoms with Gasteiger partial charge in [0.15, 0.2) is 0 Å². The quantitative estimate of drug-likeness (QED) is 0.915. The van der Waals surface area contributed by atoms with Crippen LogP contribution in [0.4, 0.5) is 0 Å². The van der Waals surface area contributed by atoms with Crippen molar-refractivity contribution in [1.82, 2.24) is 9.97 Å². The second-order valence-corrected chi connectivity index (χ2v) is 4.45. The Hall–Kier alpha value is -1.94. The molecule has 19 heavy (non-hydrogen) atoms. The van der Waals surface area contributed by atoms with Crippen molar-refractivity contribution in [3.63, 3.8) is 0 Å². The van der Waals surface area contributed by atoms with Gasteiger partial charge in [0.2, 0.25) is 0 Å². The summed E-state index contributed by atoms with van der Waals surface area (Å²) in [5.74, 6) is 1.39. The molecule has 0 fully saturated rings. The van der Waals surface area contributed by atoms with Crippen molar-refractivity contribution in [3.05, 3.63) is 47.5 Å². The number of rotatable bonds is 4. The van der Waals surface area contributed by atoms with Crippen LogP contribution in [-0.4, -0.2) is 15.1 Å². The number of hydrogen-bond donors (Lipinski definition) is 1. The van der Waals surface area contributed by atoms with Gasteiger partial charge in [-0.25, -0.2) is 0 Å². The van der Waals surface area contributed by atoms with E-state index < -0.39 is 6.10 Å². The van der Waals surface area contributed by atoms with Gasteiger partial charge in [-0.15, -0.1) is 0 Å². The molecule has 100 valence electrons. The van der Waals surface area contributed by atoms with Crippen LogP contribution in [0.2, 0.25) is 0 Å². The molecule has 2 aromatic rings. The highest BCUT2D eigenvalue weighted by molar-refractivity contribution is 5.34. The Labute approximate surface area is 113 Å². The number of nitrogens with zero attached hydrogens (tertiary/aromatic N) is 2. The number of ether oxygens (including phenoxy) is 1. The molecule has 1 atom stereocenters. The summed E-state index contributed by atoms with van der Waals surface area (Å²) < 4.78 is 5.78. The molecule has 0 spiro atoms. The minimum absolute atomic E-state index is 0.568. The third-order valence-electron chi connectivity index (χ3n) is 2.82. The van der Waals surface area contributed by atoms with E-state index in [1.54, 1.807) is 25.3 Å². The van der Waals surface area contributed by atoms with E-state index in [9.17, 15) is 5.11 Å². The first kappa shape index (κ1) is 13.5. The normalized spacial score (nSPS) is 12.2. The van der Waals surface area contributed by atoms with Crippen LogP contribution in [0.1, 0.15) is 37.0 Å². The van der Waals surface area contributed by atoms with Crippen LogP contribution in [0.15, 0.2) is 30.5 Å². The lowest BCUT2D eigenvalue weighted by Gasteiger charge is -2.10. The van der Waals surface area contributed by atoms with Crippen molar-refractivity contribution >= 4 is 0 Å². The van der Waals surface area contributed by atoms with Gasteiger partial charge in [0.05, 0.1) is 23.7 Å². The number of aliphatic hydroxyl groups excluding tert-OH is 1. The number of aromatic nitrogens is 2. The highest BCUT2D eigenvalue weighted by Crippen LogP contribution is 2.25. The summed E-state index contributed by atoms with van der Waals surface area (Å²) in [5, 5.41) is 9.40. The summed E-state index contributed by atoms with van der Waals surface area (Å²) in [6, 6.07) is 7.40. The zero-order valence-electron chi connectivity index (χ0n) is 11.4. The minimum atomic E-state index is -0.568. The Kier molecular flexibility index (Phi) is 4.12. The number of aryl methyl sites for hydroxylation is 2. The molecule has 1 N–H and O–H groups in total. The van der Waals surface area contributed by atoms with Crippen molar-refractivity contribution < 1.29 is 9.84 Å².